The Morgan fingerprint density at radius 1 is 1.44 bits per heavy atom. The zero-order chi connectivity index (χ0) is 18.0. The van der Waals surface area contributed by atoms with Crippen LogP contribution in [0.4, 0.5) is 4.39 Å². The first-order valence-electron chi connectivity index (χ1n) is 9.16. The van der Waals surface area contributed by atoms with Crippen molar-refractivity contribution >= 4 is 16.9 Å². The highest BCUT2D eigenvalue weighted by atomic mass is 19.1. The largest absolute Gasteiger partial charge is 0.352 e. The number of hydrogen-bond donors (Lipinski definition) is 1. The Hall–Kier alpha value is -1.95. The monoisotopic (exact) mass is 346 g/mol. The van der Waals surface area contributed by atoms with Crippen LogP contribution < -0.4 is 5.32 Å². The quantitative estimate of drug-likeness (QED) is 0.906. The number of hydrogen-bond acceptors (Lipinski definition) is 3. The number of fused-ring (bicyclic) bond motifs is 1. The van der Waals surface area contributed by atoms with Gasteiger partial charge in [0.05, 0.1) is 12.1 Å². The second kappa shape index (κ2) is 7.52. The number of nitrogens with one attached hydrogen (secondary N) is 1. The molecule has 1 N–H and O–H groups in total. The Bertz CT molecular complexity index is 755. The number of imidazole rings is 1. The summed E-state index contributed by atoms with van der Waals surface area (Å²) in [5.41, 5.74) is 1.29. The number of para-hydroxylation sites is 1. The number of nitrogens with zero attached hydrogens (tertiary/aromatic N) is 3. The third-order valence-corrected chi connectivity index (χ3v) is 4.87. The number of halogens is 1. The Balaban J connectivity index is 1.74. The van der Waals surface area contributed by atoms with Gasteiger partial charge in [-0.3, -0.25) is 9.69 Å². The van der Waals surface area contributed by atoms with Crippen molar-refractivity contribution in [3.8, 4) is 0 Å². The predicted octanol–water partition coefficient (Wildman–Crippen LogP) is 2.93. The molecule has 1 saturated heterocycles. The summed E-state index contributed by atoms with van der Waals surface area (Å²) >= 11 is 0. The predicted molar refractivity (Wildman–Crippen MR) is 96.6 cm³/mol. The number of aryl methyl sites for hydroxylation is 1. The molecule has 1 atom stereocenters. The summed E-state index contributed by atoms with van der Waals surface area (Å²) < 4.78 is 16.1. The van der Waals surface area contributed by atoms with Crippen LogP contribution in [0.5, 0.6) is 0 Å². The van der Waals surface area contributed by atoms with Gasteiger partial charge in [0.25, 0.3) is 0 Å². The van der Waals surface area contributed by atoms with Crippen molar-refractivity contribution in [2.45, 2.75) is 52.7 Å². The Kier molecular flexibility index (Phi) is 5.37. The fraction of sp³-hybridized carbons (Fsp3) is 0.579. The number of piperidine rings is 1. The van der Waals surface area contributed by atoms with Crippen molar-refractivity contribution in [2.24, 2.45) is 5.92 Å². The van der Waals surface area contributed by atoms with E-state index >= 15 is 0 Å². The lowest BCUT2D eigenvalue weighted by Crippen LogP contribution is -2.48. The smallest absolute Gasteiger partial charge is 0.222 e. The molecule has 25 heavy (non-hydrogen) atoms. The second-order valence-electron chi connectivity index (χ2n) is 7.12. The van der Waals surface area contributed by atoms with E-state index in [1.165, 1.54) is 6.07 Å². The Morgan fingerprint density at radius 3 is 2.96 bits per heavy atom. The molecule has 0 radical (unpaired) electrons. The topological polar surface area (TPSA) is 50.2 Å². The average Bonchev–Trinajstić information content (AvgIpc) is 2.93. The number of benzene rings is 1. The molecule has 0 spiro atoms. The zero-order valence-corrected chi connectivity index (χ0v) is 15.3. The molecule has 0 aliphatic carbocycles. The van der Waals surface area contributed by atoms with Crippen LogP contribution in [0, 0.1) is 11.7 Å². The molecular formula is C19H27FN4O. The van der Waals surface area contributed by atoms with Gasteiger partial charge in [0.1, 0.15) is 11.3 Å². The highest BCUT2D eigenvalue weighted by Crippen LogP contribution is 2.21. The summed E-state index contributed by atoms with van der Waals surface area (Å²) in [5.74, 6) is 0.725. The number of aromatic nitrogens is 2. The molecule has 1 amide bonds. The van der Waals surface area contributed by atoms with Gasteiger partial charge in [-0.15, -0.1) is 0 Å². The normalized spacial score (nSPS) is 18.8. The number of carbonyl (C=O) groups is 1. The molecule has 2 heterocycles. The average molecular weight is 346 g/mol. The lowest BCUT2D eigenvalue weighted by molar-refractivity contribution is -0.125. The van der Waals surface area contributed by atoms with Gasteiger partial charge in [0.2, 0.25) is 5.91 Å². The van der Waals surface area contributed by atoms with Gasteiger partial charge in [-0.05, 0) is 38.4 Å². The van der Waals surface area contributed by atoms with Crippen molar-refractivity contribution in [3.05, 3.63) is 29.8 Å². The first-order chi connectivity index (χ1) is 12.0. The van der Waals surface area contributed by atoms with Crippen molar-refractivity contribution in [3.63, 3.8) is 0 Å². The summed E-state index contributed by atoms with van der Waals surface area (Å²) in [6.45, 7) is 9.10. The zero-order valence-electron chi connectivity index (χ0n) is 15.3. The number of amides is 1. The first-order valence-corrected chi connectivity index (χ1v) is 9.16. The molecule has 5 nitrogen and oxygen atoms in total. The third kappa shape index (κ3) is 3.84. The van der Waals surface area contributed by atoms with E-state index in [1.54, 1.807) is 6.07 Å². The molecule has 136 valence electrons. The molecule has 1 aromatic carbocycles. The number of rotatable bonds is 5. The molecule has 1 aliphatic rings. The summed E-state index contributed by atoms with van der Waals surface area (Å²) in [5, 5.41) is 3.13. The second-order valence-corrected chi connectivity index (χ2v) is 7.12. The lowest BCUT2D eigenvalue weighted by atomic mass is 10.0. The molecular weight excluding hydrogens is 319 g/mol. The highest BCUT2D eigenvalue weighted by Gasteiger charge is 2.24. The number of carbonyl (C=O) groups excluding carboxylic acids is 1. The van der Waals surface area contributed by atoms with Crippen LogP contribution in [0.2, 0.25) is 0 Å². The molecule has 0 saturated carbocycles. The van der Waals surface area contributed by atoms with Crippen molar-refractivity contribution < 1.29 is 9.18 Å². The summed E-state index contributed by atoms with van der Waals surface area (Å²) in [6.07, 6.45) is 2.05. The highest BCUT2D eigenvalue weighted by molar-refractivity contribution is 5.78. The molecule has 1 fully saturated rings. The van der Waals surface area contributed by atoms with Crippen LogP contribution in [0.1, 0.15) is 39.4 Å². The van der Waals surface area contributed by atoms with Crippen molar-refractivity contribution in [1.82, 2.24) is 19.8 Å². The fourth-order valence-corrected chi connectivity index (χ4v) is 3.52. The maximum atomic E-state index is 14.0. The van der Waals surface area contributed by atoms with Gasteiger partial charge in [-0.25, -0.2) is 9.37 Å². The molecule has 1 aromatic heterocycles. The van der Waals surface area contributed by atoms with E-state index in [2.05, 4.69) is 26.7 Å². The van der Waals surface area contributed by atoms with Crippen LogP contribution in [-0.4, -0.2) is 39.5 Å². The summed E-state index contributed by atoms with van der Waals surface area (Å²) in [6, 6.07) is 5.28. The molecule has 0 bridgehead atoms. The van der Waals surface area contributed by atoms with E-state index in [0.717, 1.165) is 43.8 Å². The van der Waals surface area contributed by atoms with Gasteiger partial charge >= 0.3 is 0 Å². The molecule has 3 rings (SSSR count). The van der Waals surface area contributed by atoms with Crippen LogP contribution in [0.25, 0.3) is 11.0 Å². The van der Waals surface area contributed by atoms with Gasteiger partial charge in [0.15, 0.2) is 5.82 Å². The molecule has 1 aliphatic heterocycles. The molecule has 2 aromatic rings. The molecule has 6 heteroatoms. The van der Waals surface area contributed by atoms with E-state index < -0.39 is 0 Å². The standard InChI is InChI=1S/C19H27FN4O/c1-4-24-16-9-5-8-15(20)18(16)22-17(24)12-23-10-6-7-14(11-23)21-19(25)13(2)3/h5,8-9,13-14H,4,6-7,10-12H2,1-3H3,(H,21,25). The Labute approximate surface area is 148 Å². The molecule has 1 unspecified atom stereocenters. The minimum atomic E-state index is -0.272. The van der Waals surface area contributed by atoms with Crippen molar-refractivity contribution in [2.75, 3.05) is 13.1 Å². The maximum Gasteiger partial charge on any atom is 0.222 e. The Morgan fingerprint density at radius 2 is 2.24 bits per heavy atom. The van der Waals surface area contributed by atoms with E-state index in [1.807, 2.05) is 19.9 Å². The van der Waals surface area contributed by atoms with E-state index in [-0.39, 0.29) is 23.7 Å². The van der Waals surface area contributed by atoms with Crippen LogP contribution in [-0.2, 0) is 17.9 Å². The van der Waals surface area contributed by atoms with Crippen molar-refractivity contribution in [1.29, 1.82) is 0 Å². The van der Waals surface area contributed by atoms with Gasteiger partial charge in [-0.2, -0.15) is 0 Å². The lowest BCUT2D eigenvalue weighted by Gasteiger charge is -2.33. The van der Waals surface area contributed by atoms with Crippen LogP contribution in [0.15, 0.2) is 18.2 Å². The fourth-order valence-electron chi connectivity index (χ4n) is 3.52. The number of likely N-dealkylation sites (tertiary alicyclic amines) is 1. The van der Waals surface area contributed by atoms with Gasteiger partial charge < -0.3 is 9.88 Å². The minimum Gasteiger partial charge on any atom is -0.352 e. The minimum absolute atomic E-state index is 0.00245. The first kappa shape index (κ1) is 17.9. The summed E-state index contributed by atoms with van der Waals surface area (Å²) in [7, 11) is 0. The third-order valence-electron chi connectivity index (χ3n) is 4.87. The van der Waals surface area contributed by atoms with E-state index in [4.69, 9.17) is 0 Å². The summed E-state index contributed by atoms with van der Waals surface area (Å²) in [4.78, 5) is 18.8. The maximum absolute atomic E-state index is 14.0. The van der Waals surface area contributed by atoms with Crippen LogP contribution >= 0.6 is 0 Å². The van der Waals surface area contributed by atoms with Gasteiger partial charge in [0, 0.05) is 25.0 Å². The van der Waals surface area contributed by atoms with E-state index in [0.29, 0.717) is 12.1 Å². The SMILES string of the molecule is CCn1c(CN2CCCC(NC(=O)C(C)C)C2)nc2c(F)cccc21. The van der Waals surface area contributed by atoms with Crippen LogP contribution in [0.3, 0.4) is 0 Å². The van der Waals surface area contributed by atoms with E-state index in [9.17, 15) is 9.18 Å². The van der Waals surface area contributed by atoms with Gasteiger partial charge in [-0.1, -0.05) is 19.9 Å².